The second kappa shape index (κ2) is 5.42. The third kappa shape index (κ3) is 2.82. The molecule has 0 radical (unpaired) electrons. The molecule has 0 bridgehead atoms. The number of imidazole rings is 1. The standard InChI is InChI=1S/C15H21N3O2S/c1-18-12-4-3-5-13(21(2,19)20)15(12)17-14(18)10-11-6-8-16-9-7-11/h3-5,11,16H,6-10H2,1-2H3. The van der Waals surface area contributed by atoms with Gasteiger partial charge in [-0.25, -0.2) is 13.4 Å². The smallest absolute Gasteiger partial charge is 0.177 e. The van der Waals surface area contributed by atoms with Crippen molar-refractivity contribution in [2.45, 2.75) is 24.2 Å². The Balaban J connectivity index is 2.03. The Morgan fingerprint density at radius 3 is 2.71 bits per heavy atom. The Kier molecular flexibility index (Phi) is 3.75. The van der Waals surface area contributed by atoms with Gasteiger partial charge in [0.15, 0.2) is 9.84 Å². The summed E-state index contributed by atoms with van der Waals surface area (Å²) in [6.45, 7) is 2.12. The van der Waals surface area contributed by atoms with Gasteiger partial charge in [0.25, 0.3) is 0 Å². The number of nitrogens with one attached hydrogen (secondary N) is 1. The van der Waals surface area contributed by atoms with Crippen molar-refractivity contribution in [2.24, 2.45) is 13.0 Å². The normalized spacial score (nSPS) is 17.4. The number of fused-ring (bicyclic) bond motifs is 1. The zero-order chi connectivity index (χ0) is 15.0. The van der Waals surface area contributed by atoms with E-state index < -0.39 is 9.84 Å². The number of aromatic nitrogens is 2. The molecule has 6 heteroatoms. The third-order valence-corrected chi connectivity index (χ3v) is 5.42. The molecular weight excluding hydrogens is 286 g/mol. The zero-order valence-corrected chi connectivity index (χ0v) is 13.3. The van der Waals surface area contributed by atoms with Gasteiger partial charge in [0.2, 0.25) is 0 Å². The average molecular weight is 307 g/mol. The summed E-state index contributed by atoms with van der Waals surface area (Å²) in [5.41, 5.74) is 1.49. The highest BCUT2D eigenvalue weighted by molar-refractivity contribution is 7.91. The van der Waals surface area contributed by atoms with Gasteiger partial charge in [-0.15, -0.1) is 0 Å². The fourth-order valence-electron chi connectivity index (χ4n) is 3.06. The van der Waals surface area contributed by atoms with Crippen molar-refractivity contribution in [3.8, 4) is 0 Å². The topological polar surface area (TPSA) is 64.0 Å². The van der Waals surface area contributed by atoms with E-state index in [-0.39, 0.29) is 0 Å². The Bertz CT molecular complexity index is 759. The summed E-state index contributed by atoms with van der Waals surface area (Å²) in [4.78, 5) is 4.96. The SMILES string of the molecule is Cn1c(CC2CCNCC2)nc2c(S(C)(=O)=O)cccc21. The van der Waals surface area contributed by atoms with Crippen LogP contribution in [0, 0.1) is 5.92 Å². The highest BCUT2D eigenvalue weighted by Gasteiger charge is 2.20. The summed E-state index contributed by atoms with van der Waals surface area (Å²) in [5.74, 6) is 1.61. The molecule has 0 spiro atoms. The molecule has 0 saturated carbocycles. The molecule has 1 N–H and O–H groups in total. The maximum Gasteiger partial charge on any atom is 0.177 e. The monoisotopic (exact) mass is 307 g/mol. The number of nitrogens with zero attached hydrogens (tertiary/aromatic N) is 2. The van der Waals surface area contributed by atoms with Gasteiger partial charge in [0.1, 0.15) is 11.3 Å². The molecule has 1 aromatic carbocycles. The van der Waals surface area contributed by atoms with Crippen LogP contribution in [0.1, 0.15) is 18.7 Å². The predicted octanol–water partition coefficient (Wildman–Crippen LogP) is 1.52. The van der Waals surface area contributed by atoms with Crippen LogP contribution in [0.3, 0.4) is 0 Å². The molecule has 1 saturated heterocycles. The quantitative estimate of drug-likeness (QED) is 0.934. The third-order valence-electron chi connectivity index (χ3n) is 4.30. The van der Waals surface area contributed by atoms with Crippen LogP contribution in [0.4, 0.5) is 0 Å². The maximum absolute atomic E-state index is 11.9. The first-order valence-corrected chi connectivity index (χ1v) is 9.21. The lowest BCUT2D eigenvalue weighted by Crippen LogP contribution is -2.29. The minimum Gasteiger partial charge on any atom is -0.331 e. The molecule has 1 aromatic heterocycles. The fourth-order valence-corrected chi connectivity index (χ4v) is 3.89. The largest absolute Gasteiger partial charge is 0.331 e. The van der Waals surface area contributed by atoms with E-state index in [1.165, 1.54) is 6.26 Å². The van der Waals surface area contributed by atoms with Crippen LogP contribution in [0.15, 0.2) is 23.1 Å². The Hall–Kier alpha value is -1.40. The Morgan fingerprint density at radius 2 is 2.05 bits per heavy atom. The van der Waals surface area contributed by atoms with Gasteiger partial charge in [-0.3, -0.25) is 0 Å². The molecule has 0 aliphatic carbocycles. The molecule has 5 nitrogen and oxygen atoms in total. The lowest BCUT2D eigenvalue weighted by atomic mass is 9.94. The van der Waals surface area contributed by atoms with Crippen molar-refractivity contribution in [1.82, 2.24) is 14.9 Å². The molecule has 2 aromatic rings. The Morgan fingerprint density at radius 1 is 1.33 bits per heavy atom. The first-order valence-electron chi connectivity index (χ1n) is 7.32. The molecule has 1 aliphatic rings. The zero-order valence-electron chi connectivity index (χ0n) is 12.5. The highest BCUT2D eigenvalue weighted by Crippen LogP contribution is 2.25. The van der Waals surface area contributed by atoms with Crippen LogP contribution < -0.4 is 5.32 Å². The number of aryl methyl sites for hydroxylation is 1. The van der Waals surface area contributed by atoms with Crippen molar-refractivity contribution in [3.05, 3.63) is 24.0 Å². The van der Waals surface area contributed by atoms with Gasteiger partial charge in [0, 0.05) is 19.7 Å². The molecule has 114 valence electrons. The van der Waals surface area contributed by atoms with E-state index in [2.05, 4.69) is 10.3 Å². The fraction of sp³-hybridized carbons (Fsp3) is 0.533. The van der Waals surface area contributed by atoms with Gasteiger partial charge in [0.05, 0.1) is 10.4 Å². The highest BCUT2D eigenvalue weighted by atomic mass is 32.2. The number of piperidine rings is 1. The second-order valence-electron chi connectivity index (χ2n) is 5.88. The van der Waals surface area contributed by atoms with Crippen LogP contribution in [0.25, 0.3) is 11.0 Å². The number of benzene rings is 1. The van der Waals surface area contributed by atoms with Gasteiger partial charge < -0.3 is 9.88 Å². The van der Waals surface area contributed by atoms with Crippen molar-refractivity contribution in [2.75, 3.05) is 19.3 Å². The Labute approximate surface area is 125 Å². The van der Waals surface area contributed by atoms with Gasteiger partial charge >= 0.3 is 0 Å². The van der Waals surface area contributed by atoms with Crippen LogP contribution in [0.2, 0.25) is 0 Å². The first-order chi connectivity index (χ1) is 9.97. The minimum atomic E-state index is -3.25. The second-order valence-corrected chi connectivity index (χ2v) is 7.86. The lowest BCUT2D eigenvalue weighted by Gasteiger charge is -2.22. The van der Waals surface area contributed by atoms with Crippen molar-refractivity contribution >= 4 is 20.9 Å². The van der Waals surface area contributed by atoms with Gasteiger partial charge in [-0.1, -0.05) is 6.07 Å². The summed E-state index contributed by atoms with van der Waals surface area (Å²) >= 11 is 0. The van der Waals surface area contributed by atoms with E-state index in [4.69, 9.17) is 0 Å². The van der Waals surface area contributed by atoms with Gasteiger partial charge in [-0.05, 0) is 44.0 Å². The van der Waals surface area contributed by atoms with E-state index in [1.807, 2.05) is 17.7 Å². The van der Waals surface area contributed by atoms with Crippen LogP contribution in [-0.2, 0) is 23.3 Å². The summed E-state index contributed by atoms with van der Waals surface area (Å²) in [6.07, 6.45) is 4.46. The summed E-state index contributed by atoms with van der Waals surface area (Å²) in [5, 5.41) is 3.36. The van der Waals surface area contributed by atoms with E-state index in [1.54, 1.807) is 12.1 Å². The van der Waals surface area contributed by atoms with Crippen LogP contribution in [-0.4, -0.2) is 37.3 Å². The number of para-hydroxylation sites is 1. The van der Waals surface area contributed by atoms with E-state index in [0.717, 1.165) is 43.7 Å². The van der Waals surface area contributed by atoms with Crippen molar-refractivity contribution < 1.29 is 8.42 Å². The molecule has 1 aliphatic heterocycles. The number of hydrogen-bond acceptors (Lipinski definition) is 4. The molecule has 1 fully saturated rings. The summed E-state index contributed by atoms with van der Waals surface area (Å²) < 4.78 is 25.8. The van der Waals surface area contributed by atoms with Gasteiger partial charge in [-0.2, -0.15) is 0 Å². The number of sulfone groups is 1. The van der Waals surface area contributed by atoms with E-state index in [0.29, 0.717) is 16.3 Å². The number of hydrogen-bond donors (Lipinski definition) is 1. The van der Waals surface area contributed by atoms with E-state index in [9.17, 15) is 8.42 Å². The van der Waals surface area contributed by atoms with Crippen LogP contribution in [0.5, 0.6) is 0 Å². The lowest BCUT2D eigenvalue weighted by molar-refractivity contribution is 0.365. The first kappa shape index (κ1) is 14.5. The van der Waals surface area contributed by atoms with E-state index >= 15 is 0 Å². The molecule has 0 amide bonds. The molecular formula is C15H21N3O2S. The molecule has 0 unspecified atom stereocenters. The molecule has 2 heterocycles. The van der Waals surface area contributed by atoms with Crippen molar-refractivity contribution in [3.63, 3.8) is 0 Å². The minimum absolute atomic E-state index is 0.326. The van der Waals surface area contributed by atoms with Crippen LogP contribution >= 0.6 is 0 Å². The van der Waals surface area contributed by atoms with Crippen molar-refractivity contribution in [1.29, 1.82) is 0 Å². The number of rotatable bonds is 3. The maximum atomic E-state index is 11.9. The average Bonchev–Trinajstić information content (AvgIpc) is 2.76. The molecule has 0 atom stereocenters. The molecule has 21 heavy (non-hydrogen) atoms. The summed E-state index contributed by atoms with van der Waals surface area (Å²) in [6, 6.07) is 5.36. The molecule has 3 rings (SSSR count). The predicted molar refractivity (Wildman–Crippen MR) is 83.1 cm³/mol. The summed E-state index contributed by atoms with van der Waals surface area (Å²) in [7, 11) is -1.28.